The van der Waals surface area contributed by atoms with Crippen LogP contribution >= 0.6 is 15.9 Å². The van der Waals surface area contributed by atoms with Crippen LogP contribution in [0.15, 0.2) is 29.1 Å². The SMILES string of the molecule is CC(C)Cn1ncnc1CC(=O)c1ccc(Br)cn1. The van der Waals surface area contributed by atoms with Crippen molar-refractivity contribution in [3.05, 3.63) is 40.6 Å². The summed E-state index contributed by atoms with van der Waals surface area (Å²) in [5.74, 6) is 1.09. The Balaban J connectivity index is 2.10. The molecule has 2 rings (SSSR count). The molecule has 0 aliphatic rings. The number of Topliss-reactive ketones (excluding diaryl/α,β-unsaturated/α-hetero) is 1. The molecule has 19 heavy (non-hydrogen) atoms. The van der Waals surface area contributed by atoms with Crippen LogP contribution < -0.4 is 0 Å². The van der Waals surface area contributed by atoms with Crippen LogP contribution in [0.3, 0.4) is 0 Å². The fraction of sp³-hybridized carbons (Fsp3) is 0.385. The number of carbonyl (C=O) groups is 1. The van der Waals surface area contributed by atoms with Gasteiger partial charge in [-0.05, 0) is 34.0 Å². The quantitative estimate of drug-likeness (QED) is 0.793. The Kier molecular flexibility index (Phi) is 4.42. The van der Waals surface area contributed by atoms with Gasteiger partial charge in [-0.3, -0.25) is 9.78 Å². The van der Waals surface area contributed by atoms with Gasteiger partial charge in [0.15, 0.2) is 5.78 Å². The van der Waals surface area contributed by atoms with Crippen LogP contribution in [0.5, 0.6) is 0 Å². The van der Waals surface area contributed by atoms with E-state index in [-0.39, 0.29) is 12.2 Å². The second-order valence-corrected chi connectivity index (χ2v) is 5.63. The summed E-state index contributed by atoms with van der Waals surface area (Å²) in [7, 11) is 0. The van der Waals surface area contributed by atoms with Gasteiger partial charge < -0.3 is 0 Å². The molecular weight excluding hydrogens is 308 g/mol. The van der Waals surface area contributed by atoms with Crippen molar-refractivity contribution in [3.63, 3.8) is 0 Å². The highest BCUT2D eigenvalue weighted by atomic mass is 79.9. The summed E-state index contributed by atoms with van der Waals surface area (Å²) in [5.41, 5.74) is 0.447. The van der Waals surface area contributed by atoms with E-state index < -0.39 is 0 Å². The van der Waals surface area contributed by atoms with Gasteiger partial charge in [-0.2, -0.15) is 5.10 Å². The molecule has 0 fully saturated rings. The van der Waals surface area contributed by atoms with Crippen molar-refractivity contribution >= 4 is 21.7 Å². The van der Waals surface area contributed by atoms with Crippen molar-refractivity contribution in [1.29, 1.82) is 0 Å². The van der Waals surface area contributed by atoms with E-state index in [1.54, 1.807) is 23.0 Å². The van der Waals surface area contributed by atoms with Gasteiger partial charge in [0.25, 0.3) is 0 Å². The molecule has 0 bridgehead atoms. The van der Waals surface area contributed by atoms with E-state index in [9.17, 15) is 4.79 Å². The lowest BCUT2D eigenvalue weighted by Gasteiger charge is -2.07. The average Bonchev–Trinajstić information content (AvgIpc) is 2.76. The molecule has 2 aromatic rings. The Labute approximate surface area is 120 Å². The number of carbonyl (C=O) groups excluding carboxylic acids is 1. The number of pyridine rings is 1. The Bertz CT molecular complexity index is 562. The maximum Gasteiger partial charge on any atom is 0.188 e. The molecule has 6 heteroatoms. The molecule has 100 valence electrons. The summed E-state index contributed by atoms with van der Waals surface area (Å²) in [5, 5.41) is 4.14. The minimum Gasteiger partial charge on any atom is -0.292 e. The molecule has 0 N–H and O–H groups in total. The molecule has 0 atom stereocenters. The zero-order chi connectivity index (χ0) is 13.8. The zero-order valence-electron chi connectivity index (χ0n) is 10.9. The van der Waals surface area contributed by atoms with Crippen LogP contribution in [-0.4, -0.2) is 25.5 Å². The van der Waals surface area contributed by atoms with Gasteiger partial charge in [-0.25, -0.2) is 9.67 Å². The lowest BCUT2D eigenvalue weighted by atomic mass is 10.2. The fourth-order valence-corrected chi connectivity index (χ4v) is 1.93. The van der Waals surface area contributed by atoms with Crippen molar-refractivity contribution in [2.45, 2.75) is 26.8 Å². The van der Waals surface area contributed by atoms with Crippen molar-refractivity contribution in [2.75, 3.05) is 0 Å². The second kappa shape index (κ2) is 6.06. The van der Waals surface area contributed by atoms with Gasteiger partial charge in [-0.15, -0.1) is 0 Å². The minimum absolute atomic E-state index is 0.0505. The van der Waals surface area contributed by atoms with E-state index in [0.717, 1.165) is 11.0 Å². The van der Waals surface area contributed by atoms with Crippen LogP contribution in [0.25, 0.3) is 0 Å². The highest BCUT2D eigenvalue weighted by Gasteiger charge is 2.13. The Hall–Kier alpha value is -1.56. The van der Waals surface area contributed by atoms with Crippen molar-refractivity contribution in [1.82, 2.24) is 19.7 Å². The summed E-state index contributed by atoms with van der Waals surface area (Å²) in [6.07, 6.45) is 3.33. The van der Waals surface area contributed by atoms with Gasteiger partial charge in [0.1, 0.15) is 17.8 Å². The molecule has 5 nitrogen and oxygen atoms in total. The number of hydrogen-bond donors (Lipinski definition) is 0. The van der Waals surface area contributed by atoms with Crippen LogP contribution in [0, 0.1) is 5.92 Å². The predicted molar refractivity (Wildman–Crippen MR) is 74.8 cm³/mol. The smallest absolute Gasteiger partial charge is 0.188 e. The third-order valence-corrected chi connectivity index (χ3v) is 3.03. The normalized spacial score (nSPS) is 10.9. The summed E-state index contributed by atoms with van der Waals surface area (Å²) in [4.78, 5) is 20.3. The molecule has 0 saturated carbocycles. The highest BCUT2D eigenvalue weighted by molar-refractivity contribution is 9.10. The van der Waals surface area contributed by atoms with Gasteiger partial charge in [-0.1, -0.05) is 13.8 Å². The lowest BCUT2D eigenvalue weighted by molar-refractivity contribution is 0.0984. The van der Waals surface area contributed by atoms with E-state index in [0.29, 0.717) is 17.4 Å². The molecular formula is C13H15BrN4O. The molecule has 0 spiro atoms. The summed E-state index contributed by atoms with van der Waals surface area (Å²) in [6, 6.07) is 3.51. The van der Waals surface area contributed by atoms with Crippen LogP contribution in [0.2, 0.25) is 0 Å². The Morgan fingerprint density at radius 2 is 2.16 bits per heavy atom. The first-order valence-electron chi connectivity index (χ1n) is 6.07. The first-order valence-corrected chi connectivity index (χ1v) is 6.87. The molecule has 2 heterocycles. The van der Waals surface area contributed by atoms with E-state index >= 15 is 0 Å². The number of halogens is 1. The monoisotopic (exact) mass is 322 g/mol. The molecule has 0 aliphatic heterocycles. The number of aromatic nitrogens is 4. The molecule has 2 aromatic heterocycles. The fourth-order valence-electron chi connectivity index (χ4n) is 1.70. The van der Waals surface area contributed by atoms with E-state index in [1.807, 2.05) is 0 Å². The van der Waals surface area contributed by atoms with Crippen molar-refractivity contribution in [3.8, 4) is 0 Å². The van der Waals surface area contributed by atoms with Gasteiger partial charge >= 0.3 is 0 Å². The Morgan fingerprint density at radius 3 is 2.79 bits per heavy atom. The molecule has 0 aromatic carbocycles. The molecule has 0 radical (unpaired) electrons. The summed E-state index contributed by atoms with van der Waals surface area (Å²) in [6.45, 7) is 4.96. The lowest BCUT2D eigenvalue weighted by Crippen LogP contribution is -2.14. The number of hydrogen-bond acceptors (Lipinski definition) is 4. The summed E-state index contributed by atoms with van der Waals surface area (Å²) >= 11 is 3.29. The van der Waals surface area contributed by atoms with Crippen molar-refractivity contribution < 1.29 is 4.79 Å². The third kappa shape index (κ3) is 3.70. The number of ketones is 1. The van der Waals surface area contributed by atoms with Gasteiger partial charge in [0, 0.05) is 17.2 Å². The highest BCUT2D eigenvalue weighted by Crippen LogP contribution is 2.10. The van der Waals surface area contributed by atoms with E-state index in [1.165, 1.54) is 6.33 Å². The first-order chi connectivity index (χ1) is 9.06. The first kappa shape index (κ1) is 13.9. The van der Waals surface area contributed by atoms with Gasteiger partial charge in [0.05, 0.1) is 6.42 Å². The molecule has 0 unspecified atom stereocenters. The number of rotatable bonds is 5. The Morgan fingerprint density at radius 1 is 1.37 bits per heavy atom. The molecule has 0 saturated heterocycles. The zero-order valence-corrected chi connectivity index (χ0v) is 12.5. The number of nitrogens with zero attached hydrogens (tertiary/aromatic N) is 4. The minimum atomic E-state index is -0.0505. The van der Waals surface area contributed by atoms with Crippen LogP contribution in [0.4, 0.5) is 0 Å². The second-order valence-electron chi connectivity index (χ2n) is 4.71. The standard InChI is InChI=1S/C13H15BrN4O/c1-9(2)7-18-13(16-8-17-18)5-12(19)11-4-3-10(14)6-15-11/h3-4,6,8-9H,5,7H2,1-2H3. The van der Waals surface area contributed by atoms with Crippen LogP contribution in [-0.2, 0) is 13.0 Å². The molecule has 0 aliphatic carbocycles. The van der Waals surface area contributed by atoms with Crippen LogP contribution in [0.1, 0.15) is 30.2 Å². The van der Waals surface area contributed by atoms with Crippen molar-refractivity contribution in [2.24, 2.45) is 5.92 Å². The average molecular weight is 323 g/mol. The molecule has 0 amide bonds. The van der Waals surface area contributed by atoms with E-state index in [2.05, 4.69) is 44.8 Å². The third-order valence-electron chi connectivity index (χ3n) is 2.57. The largest absolute Gasteiger partial charge is 0.292 e. The van der Waals surface area contributed by atoms with Gasteiger partial charge in [0.2, 0.25) is 0 Å². The topological polar surface area (TPSA) is 60.7 Å². The summed E-state index contributed by atoms with van der Waals surface area (Å²) < 4.78 is 2.63. The maximum absolute atomic E-state index is 12.1. The maximum atomic E-state index is 12.1. The predicted octanol–water partition coefficient (Wildman–Crippen LogP) is 2.52. The van der Waals surface area contributed by atoms with E-state index in [4.69, 9.17) is 0 Å².